The molecular weight excluding hydrogens is 837 g/mol. The SMILES string of the molecule is CNC(=O)N1CCC(NC2CCN(C(=O)CCCCCN3C(=O)N(C4CCC(=O)NC4=O)C4CC(C)C=CC43)CC2)=C(C(=N)N2CCCC3(C)C=C(c4cnn(C)c4)C(C(F)F)CC23)C1. The lowest BCUT2D eigenvalue weighted by Gasteiger charge is -2.53. The molecule has 354 valence electrons. The second-order valence-electron chi connectivity index (χ2n) is 19.6. The molecule has 0 radical (unpaired) electrons. The number of aromatic nitrogens is 2. The molecule has 5 aliphatic heterocycles. The first kappa shape index (κ1) is 46.2. The van der Waals surface area contributed by atoms with Crippen molar-refractivity contribution in [3.05, 3.63) is 47.5 Å². The summed E-state index contributed by atoms with van der Waals surface area (Å²) in [6.45, 7) is 7.23. The molecule has 16 nitrogen and oxygen atoms in total. The summed E-state index contributed by atoms with van der Waals surface area (Å²) in [6, 6.07) is -1.52. The zero-order valence-electron chi connectivity index (χ0n) is 38.4. The number of nitrogens with one attached hydrogen (secondary N) is 4. The molecule has 4 fully saturated rings. The molecule has 0 bridgehead atoms. The van der Waals surface area contributed by atoms with Crippen molar-refractivity contribution >= 4 is 41.2 Å². The minimum Gasteiger partial charge on any atom is -0.385 e. The molecule has 18 heteroatoms. The summed E-state index contributed by atoms with van der Waals surface area (Å²) >= 11 is 0. The van der Waals surface area contributed by atoms with Gasteiger partial charge in [-0.1, -0.05) is 38.5 Å². The third-order valence-corrected chi connectivity index (χ3v) is 15.3. The molecule has 65 heavy (non-hydrogen) atoms. The third kappa shape index (κ3) is 9.54. The highest BCUT2D eigenvalue weighted by Crippen LogP contribution is 2.50. The number of carbonyl (C=O) groups is 5. The van der Waals surface area contributed by atoms with Crippen LogP contribution in [-0.4, -0.2) is 153 Å². The number of imide groups is 1. The predicted octanol–water partition coefficient (Wildman–Crippen LogP) is 4.85. The highest BCUT2D eigenvalue weighted by atomic mass is 19.3. The normalized spacial score (nSPS) is 29.8. The van der Waals surface area contributed by atoms with Gasteiger partial charge in [0.2, 0.25) is 24.1 Å². The number of rotatable bonds is 12. The number of fused-ring (bicyclic) bond motifs is 2. The van der Waals surface area contributed by atoms with E-state index in [1.54, 1.807) is 41.0 Å². The van der Waals surface area contributed by atoms with Gasteiger partial charge in [-0.2, -0.15) is 5.10 Å². The maximum Gasteiger partial charge on any atom is 0.321 e. The van der Waals surface area contributed by atoms with Crippen LogP contribution < -0.4 is 16.0 Å². The molecule has 0 saturated carbocycles. The standard InChI is InChI=1S/C47H67F2N11O5/c1-29-10-11-36-38(23-29)60(37-12-13-40(61)54-44(37)63)46(65)58(36)18-7-5-6-9-41(62)56-20-14-31(15-21-56)53-35-16-22-57(45(64)51-3)28-34(35)43(50)59-19-8-17-47(2)25-33(30-26-52-55(4)27-30)32(42(48)49)24-39(47)59/h10-11,25-27,29,31-32,36-39,42,50,53H,5-9,12-24,28H2,1-4H3,(H,51,64)(H,54,61,63). The summed E-state index contributed by atoms with van der Waals surface area (Å²) in [7, 11) is 3.37. The van der Waals surface area contributed by atoms with Crippen LogP contribution >= 0.6 is 0 Å². The minimum absolute atomic E-state index is 0.0660. The highest BCUT2D eigenvalue weighted by Gasteiger charge is 2.52. The fourth-order valence-corrected chi connectivity index (χ4v) is 11.7. The largest absolute Gasteiger partial charge is 0.385 e. The van der Waals surface area contributed by atoms with Gasteiger partial charge >= 0.3 is 12.1 Å². The minimum atomic E-state index is -2.57. The van der Waals surface area contributed by atoms with Gasteiger partial charge in [0.25, 0.3) is 0 Å². The van der Waals surface area contributed by atoms with Crippen molar-refractivity contribution in [1.29, 1.82) is 5.41 Å². The first-order chi connectivity index (χ1) is 31.1. The molecule has 7 unspecified atom stereocenters. The predicted molar refractivity (Wildman–Crippen MR) is 240 cm³/mol. The van der Waals surface area contributed by atoms with Crippen LogP contribution in [0.25, 0.3) is 5.57 Å². The number of nitrogens with zero attached hydrogens (tertiary/aromatic N) is 7. The van der Waals surface area contributed by atoms with Crippen LogP contribution in [-0.2, 0) is 21.4 Å². The lowest BCUT2D eigenvalue weighted by Crippen LogP contribution is -2.57. The van der Waals surface area contributed by atoms with E-state index in [1.807, 2.05) is 20.8 Å². The topological polar surface area (TPSA) is 179 Å². The molecule has 7 aliphatic rings. The number of carbonyl (C=O) groups excluding carboxylic acids is 5. The third-order valence-electron chi connectivity index (χ3n) is 15.3. The van der Waals surface area contributed by atoms with E-state index in [0.29, 0.717) is 75.1 Å². The highest BCUT2D eigenvalue weighted by molar-refractivity contribution is 6.02. The summed E-state index contributed by atoms with van der Waals surface area (Å²) in [6.07, 6.45) is 14.9. The Morgan fingerprint density at radius 3 is 2.51 bits per heavy atom. The number of halogens is 2. The molecule has 1 aromatic heterocycles. The average Bonchev–Trinajstić information content (AvgIpc) is 3.84. The van der Waals surface area contributed by atoms with Crippen LogP contribution in [0.4, 0.5) is 18.4 Å². The maximum absolute atomic E-state index is 14.8. The van der Waals surface area contributed by atoms with Crippen molar-refractivity contribution in [1.82, 2.24) is 50.2 Å². The Kier molecular flexibility index (Phi) is 13.7. The first-order valence-corrected chi connectivity index (χ1v) is 23.8. The molecule has 1 aromatic rings. The van der Waals surface area contributed by atoms with Crippen molar-refractivity contribution in [3.8, 4) is 0 Å². The average molecular weight is 904 g/mol. The lowest BCUT2D eigenvalue weighted by atomic mass is 9.64. The molecule has 0 spiro atoms. The van der Waals surface area contributed by atoms with Crippen molar-refractivity contribution in [3.63, 3.8) is 0 Å². The molecule has 0 aromatic carbocycles. The van der Waals surface area contributed by atoms with Gasteiger partial charge in [-0.3, -0.25) is 29.8 Å². The lowest BCUT2D eigenvalue weighted by molar-refractivity contribution is -0.137. The van der Waals surface area contributed by atoms with Crippen molar-refractivity contribution in [2.24, 2.45) is 24.3 Å². The number of hydrogen-bond donors (Lipinski definition) is 4. The van der Waals surface area contributed by atoms with E-state index in [9.17, 15) is 38.2 Å². The number of unbranched alkanes of at least 4 members (excludes halogenated alkanes) is 2. The van der Waals surface area contributed by atoms with Gasteiger partial charge in [-0.25, -0.2) is 18.4 Å². The quantitative estimate of drug-likeness (QED) is 0.0756. The van der Waals surface area contributed by atoms with Crippen LogP contribution in [0.15, 0.2) is 41.9 Å². The number of hydrogen-bond acceptors (Lipinski definition) is 8. The number of likely N-dealkylation sites (tertiary alicyclic amines) is 2. The number of alkyl halides is 2. The summed E-state index contributed by atoms with van der Waals surface area (Å²) in [5.41, 5.74) is 2.51. The van der Waals surface area contributed by atoms with Gasteiger partial charge in [-0.15, -0.1) is 0 Å². The van der Waals surface area contributed by atoms with E-state index < -0.39 is 29.7 Å². The number of allylic oxidation sites excluding steroid dienone is 2. The molecule has 2 aliphatic carbocycles. The summed E-state index contributed by atoms with van der Waals surface area (Å²) in [5.74, 6) is -1.03. The van der Waals surface area contributed by atoms with Gasteiger partial charge in [0, 0.05) is 113 Å². The van der Waals surface area contributed by atoms with Gasteiger partial charge in [0.05, 0.1) is 24.8 Å². The second-order valence-corrected chi connectivity index (χ2v) is 19.6. The van der Waals surface area contributed by atoms with Crippen LogP contribution in [0, 0.1) is 22.7 Å². The zero-order chi connectivity index (χ0) is 46.2. The summed E-state index contributed by atoms with van der Waals surface area (Å²) in [5, 5.41) is 22.9. The smallest absolute Gasteiger partial charge is 0.321 e. The molecule has 7 atom stereocenters. The van der Waals surface area contributed by atoms with Gasteiger partial charge in [0.15, 0.2) is 0 Å². The van der Waals surface area contributed by atoms with Crippen molar-refractivity contribution in [2.45, 2.75) is 134 Å². The number of amidine groups is 1. The Morgan fingerprint density at radius 2 is 1.80 bits per heavy atom. The Labute approximate surface area is 380 Å². The number of urea groups is 2. The van der Waals surface area contributed by atoms with Crippen LogP contribution in [0.2, 0.25) is 0 Å². The summed E-state index contributed by atoms with van der Waals surface area (Å²) < 4.78 is 31.3. The fourth-order valence-electron chi connectivity index (χ4n) is 11.7. The van der Waals surface area contributed by atoms with E-state index >= 15 is 0 Å². The fraction of sp³-hybridized carbons (Fsp3) is 0.681. The number of piperidine rings is 3. The molecule has 6 heterocycles. The van der Waals surface area contributed by atoms with Crippen molar-refractivity contribution in [2.75, 3.05) is 46.3 Å². The van der Waals surface area contributed by atoms with Gasteiger partial charge in [-0.05, 0) is 69.3 Å². The van der Waals surface area contributed by atoms with E-state index in [2.05, 4.69) is 47.0 Å². The van der Waals surface area contributed by atoms with Crippen molar-refractivity contribution < 1.29 is 32.8 Å². The second kappa shape index (κ2) is 19.3. The van der Waals surface area contributed by atoms with E-state index in [1.165, 1.54) is 0 Å². The molecule has 4 saturated heterocycles. The Bertz CT molecular complexity index is 2110. The van der Waals surface area contributed by atoms with E-state index in [0.717, 1.165) is 50.6 Å². The van der Waals surface area contributed by atoms with E-state index in [4.69, 9.17) is 0 Å². The van der Waals surface area contributed by atoms with Crippen LogP contribution in [0.3, 0.4) is 0 Å². The van der Waals surface area contributed by atoms with Crippen LogP contribution in [0.1, 0.15) is 103 Å². The monoisotopic (exact) mass is 904 g/mol. The Hall–Kier alpha value is -5.29. The Morgan fingerprint density at radius 1 is 1.02 bits per heavy atom. The number of aryl methyl sites for hydroxylation is 1. The molecule has 8 rings (SSSR count). The molecule has 7 amide bonds. The molecule has 4 N–H and O–H groups in total. The first-order valence-electron chi connectivity index (χ1n) is 23.8. The zero-order valence-corrected chi connectivity index (χ0v) is 38.4. The summed E-state index contributed by atoms with van der Waals surface area (Å²) in [4.78, 5) is 74.0. The van der Waals surface area contributed by atoms with Gasteiger partial charge < -0.3 is 35.1 Å². The van der Waals surface area contributed by atoms with E-state index in [-0.39, 0.29) is 79.2 Å². The van der Waals surface area contributed by atoms with Gasteiger partial charge in [0.1, 0.15) is 11.9 Å². The number of amides is 7. The maximum atomic E-state index is 14.8. The Balaban J connectivity index is 0.860. The van der Waals surface area contributed by atoms with Crippen LogP contribution in [0.5, 0.6) is 0 Å². The molecular formula is C47H67F2N11O5.